The van der Waals surface area contributed by atoms with Crippen molar-refractivity contribution >= 4 is 46.4 Å². The second kappa shape index (κ2) is 7.95. The molecule has 0 saturated carbocycles. The molecule has 2 N–H and O–H groups in total. The fourth-order valence-corrected chi connectivity index (χ4v) is 3.94. The molecule has 0 unspecified atom stereocenters. The molecule has 1 fully saturated rings. The molecule has 0 radical (unpaired) electrons. The van der Waals surface area contributed by atoms with Crippen LogP contribution >= 0.6 is 11.6 Å². The van der Waals surface area contributed by atoms with Crippen molar-refractivity contribution in [1.82, 2.24) is 4.90 Å². The van der Waals surface area contributed by atoms with E-state index in [0.717, 1.165) is 5.56 Å². The lowest BCUT2D eigenvalue weighted by Crippen LogP contribution is -2.55. The Kier molecular flexibility index (Phi) is 5.34. The zero-order valence-electron chi connectivity index (χ0n) is 16.2. The van der Waals surface area contributed by atoms with Crippen molar-refractivity contribution in [2.24, 2.45) is 0 Å². The monoisotopic (exact) mass is 430 g/mol. The van der Waals surface area contributed by atoms with Crippen molar-refractivity contribution in [3.63, 3.8) is 0 Å². The van der Waals surface area contributed by atoms with Crippen molar-refractivity contribution in [2.75, 3.05) is 35.2 Å². The summed E-state index contributed by atoms with van der Waals surface area (Å²) in [6.45, 7) is 3.05. The average molecular weight is 431 g/mol. The van der Waals surface area contributed by atoms with Gasteiger partial charge in [0.25, 0.3) is 0 Å². The van der Waals surface area contributed by atoms with Gasteiger partial charge in [0.05, 0.1) is 11.4 Å². The Morgan fingerprint density at radius 3 is 2.73 bits per heavy atom. The largest absolute Gasteiger partial charge is 0.365 e. The Bertz CT molecular complexity index is 1040. The standard InChI is InChI=1S/C21H20ClFN4O3/c1-12-11-26(6-7-27(12)15-3-4-16(22)17(23)10-15)21(30)20(29)24-14-2-5-18-13(8-14)9-19(28)25-18/h2-5,8,10,12H,6-7,9,11H2,1H3,(H,24,29)(H,25,28)/t12-/m1/s1. The van der Waals surface area contributed by atoms with E-state index in [0.29, 0.717) is 36.7 Å². The molecule has 2 aromatic rings. The second-order valence-corrected chi connectivity index (χ2v) is 7.85. The number of amides is 3. The highest BCUT2D eigenvalue weighted by molar-refractivity contribution is 6.39. The minimum Gasteiger partial charge on any atom is -0.365 e. The molecule has 7 nitrogen and oxygen atoms in total. The summed E-state index contributed by atoms with van der Waals surface area (Å²) in [5.41, 5.74) is 2.64. The van der Waals surface area contributed by atoms with Gasteiger partial charge in [0, 0.05) is 42.7 Å². The maximum absolute atomic E-state index is 13.8. The topological polar surface area (TPSA) is 81.8 Å². The number of nitrogens with one attached hydrogen (secondary N) is 2. The van der Waals surface area contributed by atoms with Crippen molar-refractivity contribution in [3.05, 3.63) is 52.8 Å². The molecule has 1 saturated heterocycles. The number of fused-ring (bicyclic) bond motifs is 1. The van der Waals surface area contributed by atoms with Gasteiger partial charge in [-0.15, -0.1) is 0 Å². The van der Waals surface area contributed by atoms with E-state index in [9.17, 15) is 18.8 Å². The minimum absolute atomic E-state index is 0.0589. The van der Waals surface area contributed by atoms with Gasteiger partial charge in [-0.05, 0) is 48.9 Å². The van der Waals surface area contributed by atoms with Crippen LogP contribution in [0.15, 0.2) is 36.4 Å². The van der Waals surface area contributed by atoms with E-state index in [1.807, 2.05) is 11.8 Å². The van der Waals surface area contributed by atoms with Gasteiger partial charge in [0.15, 0.2) is 0 Å². The maximum Gasteiger partial charge on any atom is 0.313 e. The van der Waals surface area contributed by atoms with Crippen LogP contribution in [0.2, 0.25) is 5.02 Å². The van der Waals surface area contributed by atoms with Crippen molar-refractivity contribution in [2.45, 2.75) is 19.4 Å². The first kappa shape index (κ1) is 20.2. The Balaban J connectivity index is 1.38. The molecule has 30 heavy (non-hydrogen) atoms. The summed E-state index contributed by atoms with van der Waals surface area (Å²) >= 11 is 5.75. The fourth-order valence-electron chi connectivity index (χ4n) is 3.82. The molecule has 2 heterocycles. The number of benzene rings is 2. The van der Waals surface area contributed by atoms with E-state index in [1.165, 1.54) is 17.0 Å². The molecular formula is C21H20ClFN4O3. The van der Waals surface area contributed by atoms with E-state index in [2.05, 4.69) is 10.6 Å². The summed E-state index contributed by atoms with van der Waals surface area (Å²) in [5.74, 6) is -1.95. The van der Waals surface area contributed by atoms with Gasteiger partial charge < -0.3 is 20.4 Å². The van der Waals surface area contributed by atoms with Gasteiger partial charge in [-0.3, -0.25) is 14.4 Å². The summed E-state index contributed by atoms with van der Waals surface area (Å²) in [7, 11) is 0. The fraction of sp³-hybridized carbons (Fsp3) is 0.286. The molecule has 3 amide bonds. The predicted octanol–water partition coefficient (Wildman–Crippen LogP) is 2.65. The normalized spacial score (nSPS) is 18.1. The van der Waals surface area contributed by atoms with E-state index in [1.54, 1.807) is 24.3 Å². The number of nitrogens with zero attached hydrogens (tertiary/aromatic N) is 2. The van der Waals surface area contributed by atoms with Crippen LogP contribution in [0.3, 0.4) is 0 Å². The number of rotatable bonds is 2. The lowest BCUT2D eigenvalue weighted by atomic mass is 10.1. The molecule has 156 valence electrons. The van der Waals surface area contributed by atoms with Gasteiger partial charge >= 0.3 is 11.8 Å². The summed E-state index contributed by atoms with van der Waals surface area (Å²) in [4.78, 5) is 40.0. The second-order valence-electron chi connectivity index (χ2n) is 7.44. The molecule has 0 bridgehead atoms. The van der Waals surface area contributed by atoms with Crippen LogP contribution in [0, 0.1) is 5.82 Å². The SMILES string of the molecule is C[C@@H]1CN(C(=O)C(=O)Nc2ccc3c(c2)CC(=O)N3)CCN1c1ccc(Cl)c(F)c1. The molecule has 4 rings (SSSR count). The highest BCUT2D eigenvalue weighted by atomic mass is 35.5. The quantitative estimate of drug-likeness (QED) is 0.718. The van der Waals surface area contributed by atoms with E-state index < -0.39 is 17.6 Å². The molecule has 0 aliphatic carbocycles. The number of hydrogen-bond acceptors (Lipinski definition) is 4. The van der Waals surface area contributed by atoms with Crippen LogP contribution in [0.4, 0.5) is 21.5 Å². The molecule has 2 aliphatic rings. The van der Waals surface area contributed by atoms with Crippen LogP contribution in [0.5, 0.6) is 0 Å². The third-order valence-electron chi connectivity index (χ3n) is 5.33. The van der Waals surface area contributed by atoms with E-state index in [-0.39, 0.29) is 23.4 Å². The predicted molar refractivity (Wildman–Crippen MR) is 112 cm³/mol. The Labute approximate surface area is 177 Å². The highest BCUT2D eigenvalue weighted by Gasteiger charge is 2.30. The van der Waals surface area contributed by atoms with Crippen LogP contribution < -0.4 is 15.5 Å². The molecule has 9 heteroatoms. The Morgan fingerprint density at radius 1 is 1.20 bits per heavy atom. The Morgan fingerprint density at radius 2 is 2.00 bits per heavy atom. The van der Waals surface area contributed by atoms with Crippen LogP contribution in [-0.4, -0.2) is 48.3 Å². The lowest BCUT2D eigenvalue weighted by Gasteiger charge is -2.41. The number of anilines is 3. The number of carbonyl (C=O) groups excluding carboxylic acids is 3. The molecule has 0 aromatic heterocycles. The van der Waals surface area contributed by atoms with Crippen molar-refractivity contribution in [1.29, 1.82) is 0 Å². The highest BCUT2D eigenvalue weighted by Crippen LogP contribution is 2.27. The first-order valence-corrected chi connectivity index (χ1v) is 9.94. The van der Waals surface area contributed by atoms with Crippen molar-refractivity contribution < 1.29 is 18.8 Å². The molecular weight excluding hydrogens is 411 g/mol. The van der Waals surface area contributed by atoms with E-state index in [4.69, 9.17) is 11.6 Å². The lowest BCUT2D eigenvalue weighted by molar-refractivity contribution is -0.143. The summed E-state index contributed by atoms with van der Waals surface area (Å²) < 4.78 is 13.8. The van der Waals surface area contributed by atoms with Gasteiger partial charge in [0.2, 0.25) is 5.91 Å². The van der Waals surface area contributed by atoms with Gasteiger partial charge in [-0.1, -0.05) is 11.6 Å². The van der Waals surface area contributed by atoms with Crippen LogP contribution in [-0.2, 0) is 20.8 Å². The van der Waals surface area contributed by atoms with Gasteiger partial charge in [0.1, 0.15) is 5.82 Å². The number of piperazine rings is 1. The molecule has 2 aromatic carbocycles. The summed E-state index contributed by atoms with van der Waals surface area (Å²) in [6.07, 6.45) is 0.248. The Hall–Kier alpha value is -3.13. The number of hydrogen-bond donors (Lipinski definition) is 2. The van der Waals surface area contributed by atoms with Crippen molar-refractivity contribution in [3.8, 4) is 0 Å². The number of halogens is 2. The van der Waals surface area contributed by atoms with Crippen LogP contribution in [0.1, 0.15) is 12.5 Å². The number of carbonyl (C=O) groups is 3. The van der Waals surface area contributed by atoms with Gasteiger partial charge in [-0.2, -0.15) is 0 Å². The third kappa shape index (κ3) is 3.95. The molecule has 1 atom stereocenters. The molecule has 2 aliphatic heterocycles. The summed E-state index contributed by atoms with van der Waals surface area (Å²) in [6, 6.07) is 9.54. The minimum atomic E-state index is -0.731. The van der Waals surface area contributed by atoms with Crippen LogP contribution in [0.25, 0.3) is 0 Å². The zero-order chi connectivity index (χ0) is 21.4. The third-order valence-corrected chi connectivity index (χ3v) is 5.64. The molecule has 0 spiro atoms. The first-order valence-electron chi connectivity index (χ1n) is 9.56. The smallest absolute Gasteiger partial charge is 0.313 e. The maximum atomic E-state index is 13.8. The van der Waals surface area contributed by atoms with Gasteiger partial charge in [-0.25, -0.2) is 4.39 Å². The zero-order valence-corrected chi connectivity index (χ0v) is 17.0. The average Bonchev–Trinajstić information content (AvgIpc) is 3.08. The van der Waals surface area contributed by atoms with E-state index >= 15 is 0 Å². The summed E-state index contributed by atoms with van der Waals surface area (Å²) in [5, 5.41) is 5.39. The first-order chi connectivity index (χ1) is 14.3.